The Bertz CT molecular complexity index is 357. The number of carboxylic acid groups (broad SMARTS) is 1. The van der Waals surface area contributed by atoms with Crippen LogP contribution in [0.5, 0.6) is 0 Å². The zero-order chi connectivity index (χ0) is 14.2. The molecular weight excluding hydrogens is 263 g/mol. The van der Waals surface area contributed by atoms with Gasteiger partial charge in [0.1, 0.15) is 0 Å². The van der Waals surface area contributed by atoms with Crippen LogP contribution in [0.3, 0.4) is 0 Å². The van der Waals surface area contributed by atoms with Gasteiger partial charge in [-0.15, -0.1) is 0 Å². The number of carboxylic acids is 1. The Balaban J connectivity index is 4.09. The van der Waals surface area contributed by atoms with E-state index in [1.165, 1.54) is 12.2 Å². The molecule has 0 aromatic rings. The number of hydrogen-bond donors (Lipinski definition) is 3. The number of allylic oxidation sites excluding steroid dienone is 1. The second-order valence-electron chi connectivity index (χ2n) is 3.65. The molecule has 0 amide bonds. The fourth-order valence-corrected chi connectivity index (χ4v) is 2.18. The van der Waals surface area contributed by atoms with Gasteiger partial charge < -0.3 is 19.6 Å². The first-order valence-electron chi connectivity index (χ1n) is 5.33. The van der Waals surface area contributed by atoms with E-state index in [0.29, 0.717) is 0 Å². The molecular formula is C10H17O7P. The second kappa shape index (κ2) is 8.02. The molecule has 3 N–H and O–H groups in total. The van der Waals surface area contributed by atoms with Crippen molar-refractivity contribution < 1.29 is 33.8 Å². The molecule has 18 heavy (non-hydrogen) atoms. The van der Waals surface area contributed by atoms with Gasteiger partial charge in [-0.1, -0.05) is 6.08 Å². The molecule has 0 saturated carbocycles. The van der Waals surface area contributed by atoms with Crippen LogP contribution in [0, 0.1) is 0 Å². The smallest absolute Gasteiger partial charge is 0.330 e. The van der Waals surface area contributed by atoms with Crippen molar-refractivity contribution in [1.82, 2.24) is 0 Å². The van der Waals surface area contributed by atoms with Gasteiger partial charge >= 0.3 is 19.5 Å². The molecule has 0 aromatic heterocycles. The number of esters is 1. The third kappa shape index (κ3) is 8.00. The van der Waals surface area contributed by atoms with Crippen molar-refractivity contribution in [2.75, 3.05) is 6.61 Å². The summed E-state index contributed by atoms with van der Waals surface area (Å²) in [6.45, 7) is 1.65. The lowest BCUT2D eigenvalue weighted by atomic mass is 10.2. The number of rotatable bonds is 8. The lowest BCUT2D eigenvalue weighted by molar-refractivity contribution is -0.139. The Morgan fingerprint density at radius 1 is 1.39 bits per heavy atom. The Morgan fingerprint density at radius 3 is 2.44 bits per heavy atom. The zero-order valence-electron chi connectivity index (χ0n) is 9.98. The van der Waals surface area contributed by atoms with E-state index >= 15 is 0 Å². The third-order valence-corrected chi connectivity index (χ3v) is 3.51. The van der Waals surface area contributed by atoms with Gasteiger partial charge in [-0.2, -0.15) is 0 Å². The largest absolute Gasteiger partial charge is 0.481 e. The van der Waals surface area contributed by atoms with E-state index in [0.717, 1.165) is 0 Å². The quantitative estimate of drug-likeness (QED) is 0.261. The van der Waals surface area contributed by atoms with Gasteiger partial charge in [0.2, 0.25) is 0 Å². The van der Waals surface area contributed by atoms with Gasteiger partial charge in [-0.3, -0.25) is 9.36 Å². The van der Waals surface area contributed by atoms with Gasteiger partial charge in [0, 0.05) is 6.08 Å². The van der Waals surface area contributed by atoms with Crippen molar-refractivity contribution in [3.05, 3.63) is 12.2 Å². The molecule has 0 aliphatic rings. The van der Waals surface area contributed by atoms with E-state index < -0.39 is 31.6 Å². The maximum absolute atomic E-state index is 11.0. The molecule has 8 heteroatoms. The molecule has 0 aliphatic heterocycles. The minimum Gasteiger partial charge on any atom is -0.481 e. The molecule has 0 spiro atoms. The fraction of sp³-hybridized carbons (Fsp3) is 0.600. The Hall–Kier alpha value is -1.17. The summed E-state index contributed by atoms with van der Waals surface area (Å²) in [4.78, 5) is 39.2. The summed E-state index contributed by atoms with van der Waals surface area (Å²) in [6.07, 6.45) is 2.31. The van der Waals surface area contributed by atoms with Crippen molar-refractivity contribution in [3.63, 3.8) is 0 Å². The first-order valence-corrected chi connectivity index (χ1v) is 7.02. The Morgan fingerprint density at radius 2 is 2.00 bits per heavy atom. The topological polar surface area (TPSA) is 121 Å². The van der Waals surface area contributed by atoms with Crippen LogP contribution in [0.25, 0.3) is 0 Å². The summed E-state index contributed by atoms with van der Waals surface area (Å²) >= 11 is 0. The monoisotopic (exact) mass is 280 g/mol. The van der Waals surface area contributed by atoms with Gasteiger partial charge in [-0.05, 0) is 19.8 Å². The van der Waals surface area contributed by atoms with E-state index in [4.69, 9.17) is 19.6 Å². The van der Waals surface area contributed by atoms with Gasteiger partial charge in [0.05, 0.1) is 18.7 Å². The lowest BCUT2D eigenvalue weighted by Crippen LogP contribution is -2.15. The predicted molar refractivity (Wildman–Crippen MR) is 63.1 cm³/mol. The van der Waals surface area contributed by atoms with Crippen LogP contribution in [0.15, 0.2) is 12.2 Å². The van der Waals surface area contributed by atoms with Gasteiger partial charge in [0.25, 0.3) is 0 Å². The first kappa shape index (κ1) is 16.8. The lowest BCUT2D eigenvalue weighted by Gasteiger charge is -2.15. The second-order valence-corrected chi connectivity index (χ2v) is 5.56. The normalized spacial score (nSPS) is 13.5. The summed E-state index contributed by atoms with van der Waals surface area (Å²) in [6, 6.07) is 0. The number of ether oxygens (including phenoxy) is 1. The summed E-state index contributed by atoms with van der Waals surface area (Å²) in [5.74, 6) is -1.81. The standard InChI is InChI=1S/C10H17O7P/c1-2-4-10(13)17-6-3-5-8(7-9(11)12)18(14,15)16/h2,4,8H,3,5-7H2,1H3,(H,11,12)(H2,14,15,16). The van der Waals surface area contributed by atoms with E-state index in [1.54, 1.807) is 6.92 Å². The molecule has 1 unspecified atom stereocenters. The van der Waals surface area contributed by atoms with Crippen LogP contribution < -0.4 is 0 Å². The predicted octanol–water partition coefficient (Wildman–Crippen LogP) is 0.907. The van der Waals surface area contributed by atoms with Crippen molar-refractivity contribution in [3.8, 4) is 0 Å². The van der Waals surface area contributed by atoms with Crippen LogP contribution in [0.4, 0.5) is 0 Å². The number of carbonyl (C=O) groups excluding carboxylic acids is 1. The van der Waals surface area contributed by atoms with Crippen LogP contribution in [0.2, 0.25) is 0 Å². The van der Waals surface area contributed by atoms with Crippen LogP contribution in [-0.2, 0) is 18.9 Å². The molecule has 0 aliphatic carbocycles. The Labute approximate surface area is 105 Å². The number of aliphatic carboxylic acids is 1. The molecule has 7 nitrogen and oxygen atoms in total. The zero-order valence-corrected chi connectivity index (χ0v) is 10.9. The van der Waals surface area contributed by atoms with Crippen molar-refractivity contribution in [2.45, 2.75) is 31.8 Å². The number of carbonyl (C=O) groups is 2. The molecule has 0 bridgehead atoms. The maximum atomic E-state index is 11.0. The highest BCUT2D eigenvalue weighted by Crippen LogP contribution is 2.45. The number of hydrogen-bond acceptors (Lipinski definition) is 4. The van der Waals surface area contributed by atoms with Gasteiger partial charge in [-0.25, -0.2) is 4.79 Å². The SMILES string of the molecule is CC=CC(=O)OCCCC(CC(=O)O)P(=O)(O)O. The molecule has 0 saturated heterocycles. The highest BCUT2D eigenvalue weighted by atomic mass is 31.2. The maximum Gasteiger partial charge on any atom is 0.330 e. The molecule has 0 radical (unpaired) electrons. The van der Waals surface area contributed by atoms with Crippen LogP contribution in [-0.4, -0.2) is 39.1 Å². The van der Waals surface area contributed by atoms with E-state index in [-0.39, 0.29) is 19.4 Å². The summed E-state index contributed by atoms with van der Waals surface area (Å²) in [5.41, 5.74) is -1.24. The average molecular weight is 280 g/mol. The third-order valence-electron chi connectivity index (χ3n) is 2.11. The molecule has 104 valence electrons. The van der Waals surface area contributed by atoms with E-state index in [9.17, 15) is 14.2 Å². The van der Waals surface area contributed by atoms with Crippen molar-refractivity contribution in [1.29, 1.82) is 0 Å². The highest BCUT2D eigenvalue weighted by molar-refractivity contribution is 7.52. The fourth-order valence-electron chi connectivity index (χ4n) is 1.27. The van der Waals surface area contributed by atoms with Gasteiger partial charge in [0.15, 0.2) is 0 Å². The molecule has 0 heterocycles. The summed E-state index contributed by atoms with van der Waals surface area (Å²) in [7, 11) is -4.44. The summed E-state index contributed by atoms with van der Waals surface area (Å²) in [5, 5.41) is 8.52. The molecule has 0 fully saturated rings. The van der Waals surface area contributed by atoms with Crippen molar-refractivity contribution in [2.24, 2.45) is 0 Å². The van der Waals surface area contributed by atoms with Crippen molar-refractivity contribution >= 4 is 19.5 Å². The molecule has 0 rings (SSSR count). The first-order chi connectivity index (χ1) is 8.27. The summed E-state index contributed by atoms with van der Waals surface area (Å²) < 4.78 is 15.7. The van der Waals surface area contributed by atoms with Crippen LogP contribution >= 0.6 is 7.60 Å². The van der Waals surface area contributed by atoms with Crippen LogP contribution in [0.1, 0.15) is 26.2 Å². The molecule has 1 atom stereocenters. The minimum absolute atomic E-state index is 0.000702. The Kier molecular flexibility index (Phi) is 7.50. The average Bonchev–Trinajstić information content (AvgIpc) is 2.21. The highest BCUT2D eigenvalue weighted by Gasteiger charge is 2.30. The minimum atomic E-state index is -4.44. The van der Waals surface area contributed by atoms with E-state index in [1.807, 2.05) is 0 Å². The molecule has 0 aromatic carbocycles. The van der Waals surface area contributed by atoms with E-state index in [2.05, 4.69) is 0 Å².